The molecule has 1 atom stereocenters. The number of ether oxygens (including phenoxy) is 2. The minimum atomic E-state index is -0.911. The van der Waals surface area contributed by atoms with E-state index in [-0.39, 0.29) is 42.8 Å². The van der Waals surface area contributed by atoms with Crippen LogP contribution in [0.2, 0.25) is 0 Å². The summed E-state index contributed by atoms with van der Waals surface area (Å²) in [7, 11) is 1.64. The molecule has 0 spiro atoms. The third-order valence-electron chi connectivity index (χ3n) is 4.66. The molecular formula is C21H27ClN2O5. The van der Waals surface area contributed by atoms with Gasteiger partial charge in [-0.25, -0.2) is 0 Å². The summed E-state index contributed by atoms with van der Waals surface area (Å²) in [4.78, 5) is 11.5. The van der Waals surface area contributed by atoms with Crippen molar-refractivity contribution in [2.45, 2.75) is 31.9 Å². The number of hydrogen-bond acceptors (Lipinski definition) is 6. The summed E-state index contributed by atoms with van der Waals surface area (Å²) >= 11 is 0. The lowest BCUT2D eigenvalue weighted by molar-refractivity contribution is -0.118. The average Bonchev–Trinajstić information content (AvgIpc) is 2.65. The van der Waals surface area contributed by atoms with Crippen LogP contribution in [0, 0.1) is 0 Å². The number of nitrogens with one attached hydrogen (secondary N) is 2. The Balaban J connectivity index is 0.00000300. The molecule has 1 aliphatic heterocycles. The van der Waals surface area contributed by atoms with Crippen LogP contribution in [0.3, 0.4) is 0 Å². The number of phenolic OH excluding ortho intramolecular Hbond substituents is 1. The number of hydrogen-bond donors (Lipinski definition) is 4. The van der Waals surface area contributed by atoms with Crippen molar-refractivity contribution in [3.8, 4) is 17.2 Å². The van der Waals surface area contributed by atoms with Crippen molar-refractivity contribution in [2.24, 2.45) is 0 Å². The lowest BCUT2D eigenvalue weighted by Gasteiger charge is -2.29. The number of carbonyl (C=O) groups is 1. The number of aromatic hydroxyl groups is 1. The van der Waals surface area contributed by atoms with Gasteiger partial charge in [0.2, 0.25) is 0 Å². The van der Waals surface area contributed by atoms with Crippen molar-refractivity contribution in [1.82, 2.24) is 5.32 Å². The molecule has 2 aromatic carbocycles. The zero-order chi connectivity index (χ0) is 20.3. The number of carbonyl (C=O) groups excluding carboxylic acids is 1. The summed E-state index contributed by atoms with van der Waals surface area (Å²) in [6.45, 7) is 4.25. The molecule has 0 bridgehead atoms. The van der Waals surface area contributed by atoms with E-state index in [1.807, 2.05) is 24.3 Å². The molecule has 29 heavy (non-hydrogen) atoms. The minimum Gasteiger partial charge on any atom is -0.508 e. The second kappa shape index (κ2) is 9.35. The third-order valence-corrected chi connectivity index (χ3v) is 4.66. The molecule has 3 rings (SSSR count). The molecule has 1 heterocycles. The largest absolute Gasteiger partial charge is 0.508 e. The molecule has 0 saturated heterocycles. The molecular weight excluding hydrogens is 396 g/mol. The highest BCUT2D eigenvalue weighted by atomic mass is 35.5. The van der Waals surface area contributed by atoms with E-state index in [0.29, 0.717) is 17.0 Å². The number of methoxy groups -OCH3 is 1. The summed E-state index contributed by atoms with van der Waals surface area (Å²) in [5, 5.41) is 26.6. The first-order valence-electron chi connectivity index (χ1n) is 9.13. The standard InChI is InChI=1S/C21H26N2O5.ClH/c1-21(2,10-13-4-6-15(27-3)7-5-13)22-11-18(25)16-8-14(24)9-17-20(16)28-12-19(26)23-17;/h4-9,18,22,24-25H,10-12H2,1-3H3,(H,23,26);1H. The Kier molecular flexibility index (Phi) is 7.35. The zero-order valence-corrected chi connectivity index (χ0v) is 17.5. The predicted molar refractivity (Wildman–Crippen MR) is 113 cm³/mol. The number of benzene rings is 2. The van der Waals surface area contributed by atoms with Gasteiger partial charge in [0.1, 0.15) is 17.2 Å². The van der Waals surface area contributed by atoms with E-state index in [9.17, 15) is 15.0 Å². The topological polar surface area (TPSA) is 100 Å². The number of anilines is 1. The summed E-state index contributed by atoms with van der Waals surface area (Å²) < 4.78 is 10.7. The molecule has 7 nitrogen and oxygen atoms in total. The van der Waals surface area contributed by atoms with Gasteiger partial charge in [0.15, 0.2) is 6.61 Å². The van der Waals surface area contributed by atoms with Crippen molar-refractivity contribution in [1.29, 1.82) is 0 Å². The predicted octanol–water partition coefficient (Wildman–Crippen LogP) is 2.80. The minimum absolute atomic E-state index is 0. The van der Waals surface area contributed by atoms with Crippen LogP contribution in [0.4, 0.5) is 5.69 Å². The number of phenols is 1. The molecule has 8 heteroatoms. The Morgan fingerprint density at radius 1 is 1.28 bits per heavy atom. The number of β-amino-alcohol motifs (C(OH)–C–C–N with tert-alkyl or cyclic N) is 1. The van der Waals surface area contributed by atoms with Crippen molar-refractivity contribution in [3.05, 3.63) is 47.5 Å². The van der Waals surface area contributed by atoms with E-state index in [1.54, 1.807) is 7.11 Å². The average molecular weight is 423 g/mol. The van der Waals surface area contributed by atoms with Gasteiger partial charge in [0.05, 0.1) is 18.9 Å². The van der Waals surface area contributed by atoms with Gasteiger partial charge < -0.3 is 30.3 Å². The molecule has 1 aliphatic rings. The Labute approximate surface area is 176 Å². The smallest absolute Gasteiger partial charge is 0.262 e. The fourth-order valence-electron chi connectivity index (χ4n) is 3.26. The van der Waals surface area contributed by atoms with Gasteiger partial charge in [-0.05, 0) is 44.0 Å². The van der Waals surface area contributed by atoms with Crippen LogP contribution in [0.1, 0.15) is 31.1 Å². The monoisotopic (exact) mass is 422 g/mol. The van der Waals surface area contributed by atoms with E-state index >= 15 is 0 Å². The van der Waals surface area contributed by atoms with E-state index in [4.69, 9.17) is 9.47 Å². The summed E-state index contributed by atoms with van der Waals surface area (Å²) in [5.41, 5.74) is 1.67. The highest BCUT2D eigenvalue weighted by Crippen LogP contribution is 2.38. The Hall–Kier alpha value is -2.48. The first kappa shape index (κ1) is 22.8. The lowest BCUT2D eigenvalue weighted by atomic mass is 9.94. The quantitative estimate of drug-likeness (QED) is 0.547. The second-order valence-electron chi connectivity index (χ2n) is 7.55. The molecule has 4 N–H and O–H groups in total. The number of aliphatic hydroxyl groups is 1. The van der Waals surface area contributed by atoms with Crippen molar-refractivity contribution in [2.75, 3.05) is 25.6 Å². The molecule has 0 aromatic heterocycles. The van der Waals surface area contributed by atoms with Crippen LogP contribution in [-0.4, -0.2) is 41.9 Å². The van der Waals surface area contributed by atoms with Crippen LogP contribution in [0.25, 0.3) is 0 Å². The van der Waals surface area contributed by atoms with Crippen LogP contribution < -0.4 is 20.1 Å². The molecule has 1 amide bonds. The second-order valence-corrected chi connectivity index (χ2v) is 7.55. The fourth-order valence-corrected chi connectivity index (χ4v) is 3.26. The molecule has 2 aromatic rings. The number of aliphatic hydroxyl groups excluding tert-OH is 1. The normalized spacial score (nSPS) is 14.1. The maximum absolute atomic E-state index is 11.5. The molecule has 0 aliphatic carbocycles. The van der Waals surface area contributed by atoms with E-state index in [1.165, 1.54) is 12.1 Å². The van der Waals surface area contributed by atoms with Crippen molar-refractivity contribution < 1.29 is 24.5 Å². The summed E-state index contributed by atoms with van der Waals surface area (Å²) in [6, 6.07) is 10.7. The van der Waals surface area contributed by atoms with E-state index in [0.717, 1.165) is 17.7 Å². The molecule has 0 saturated carbocycles. The van der Waals surface area contributed by atoms with Crippen molar-refractivity contribution >= 4 is 24.0 Å². The molecule has 0 radical (unpaired) electrons. The lowest BCUT2D eigenvalue weighted by Crippen LogP contribution is -2.43. The van der Waals surface area contributed by atoms with Gasteiger partial charge in [0, 0.05) is 23.7 Å². The van der Waals surface area contributed by atoms with Crippen LogP contribution in [0.15, 0.2) is 36.4 Å². The van der Waals surface area contributed by atoms with Gasteiger partial charge >= 0.3 is 0 Å². The van der Waals surface area contributed by atoms with Gasteiger partial charge in [-0.2, -0.15) is 0 Å². The first-order valence-corrected chi connectivity index (χ1v) is 9.13. The summed E-state index contributed by atoms with van der Waals surface area (Å²) in [6.07, 6.45) is -0.153. The first-order chi connectivity index (χ1) is 13.3. The Bertz CT molecular complexity index is 855. The fraction of sp³-hybridized carbons (Fsp3) is 0.381. The number of rotatable bonds is 7. The molecule has 0 fully saturated rings. The Morgan fingerprint density at radius 3 is 2.62 bits per heavy atom. The SMILES string of the molecule is COc1ccc(CC(C)(C)NCC(O)c2cc(O)cc3c2OCC(=O)N3)cc1.Cl. The highest BCUT2D eigenvalue weighted by molar-refractivity contribution is 5.96. The number of fused-ring (bicyclic) bond motifs is 1. The van der Waals surface area contributed by atoms with Gasteiger partial charge in [-0.1, -0.05) is 12.1 Å². The van der Waals surface area contributed by atoms with Crippen molar-refractivity contribution in [3.63, 3.8) is 0 Å². The molecule has 1 unspecified atom stereocenters. The van der Waals surface area contributed by atoms with E-state index < -0.39 is 6.10 Å². The third kappa shape index (κ3) is 5.76. The maximum atomic E-state index is 11.5. The van der Waals surface area contributed by atoms with Gasteiger partial charge in [-0.3, -0.25) is 4.79 Å². The molecule has 158 valence electrons. The van der Waals surface area contributed by atoms with Crippen LogP contribution in [0.5, 0.6) is 17.2 Å². The van der Waals surface area contributed by atoms with E-state index in [2.05, 4.69) is 24.5 Å². The zero-order valence-electron chi connectivity index (χ0n) is 16.7. The van der Waals surface area contributed by atoms with Gasteiger partial charge in [0.25, 0.3) is 5.91 Å². The number of amides is 1. The highest BCUT2D eigenvalue weighted by Gasteiger charge is 2.26. The van der Waals surface area contributed by atoms with Crippen LogP contribution >= 0.6 is 12.4 Å². The van der Waals surface area contributed by atoms with Gasteiger partial charge in [-0.15, -0.1) is 12.4 Å². The maximum Gasteiger partial charge on any atom is 0.262 e. The van der Waals surface area contributed by atoms with Crippen LogP contribution in [-0.2, 0) is 11.2 Å². The Morgan fingerprint density at radius 2 is 1.97 bits per heavy atom. The summed E-state index contributed by atoms with van der Waals surface area (Å²) in [5.74, 6) is 0.860. The number of halogens is 1.